The summed E-state index contributed by atoms with van der Waals surface area (Å²) in [7, 11) is 0. The van der Waals surface area contributed by atoms with E-state index in [9.17, 15) is 4.79 Å². The average Bonchev–Trinajstić information content (AvgIpc) is 2.93. The Hall–Kier alpha value is -2.63. The highest BCUT2D eigenvalue weighted by Gasteiger charge is 2.27. The molecule has 1 aliphatic heterocycles. The molecular formula is C16H16N4O2. The smallest absolute Gasteiger partial charge is 0.222 e. The molecule has 0 saturated carbocycles. The number of furan rings is 1. The van der Waals surface area contributed by atoms with E-state index in [0.717, 1.165) is 41.7 Å². The summed E-state index contributed by atoms with van der Waals surface area (Å²) in [6.45, 7) is 1.42. The largest absolute Gasteiger partial charge is 0.450 e. The number of hydrogen-bond donors (Lipinski definition) is 1. The van der Waals surface area contributed by atoms with Crippen LogP contribution >= 0.6 is 0 Å². The zero-order valence-corrected chi connectivity index (χ0v) is 12.0. The molecule has 3 heterocycles. The van der Waals surface area contributed by atoms with Gasteiger partial charge in [-0.15, -0.1) is 0 Å². The van der Waals surface area contributed by atoms with Crippen molar-refractivity contribution in [3.63, 3.8) is 0 Å². The number of benzene rings is 1. The predicted octanol–water partition coefficient (Wildman–Crippen LogP) is 2.08. The van der Waals surface area contributed by atoms with Crippen molar-refractivity contribution >= 4 is 33.8 Å². The number of aromatic nitrogens is 2. The van der Waals surface area contributed by atoms with Crippen molar-refractivity contribution < 1.29 is 9.21 Å². The Morgan fingerprint density at radius 3 is 3.05 bits per heavy atom. The van der Waals surface area contributed by atoms with Crippen molar-refractivity contribution in [2.24, 2.45) is 11.7 Å². The van der Waals surface area contributed by atoms with E-state index in [-0.39, 0.29) is 11.8 Å². The molecule has 2 aromatic heterocycles. The number of amides is 1. The molecule has 1 amide bonds. The van der Waals surface area contributed by atoms with Gasteiger partial charge in [-0.25, -0.2) is 9.97 Å². The number of nitrogens with zero attached hydrogens (tertiary/aromatic N) is 3. The molecule has 0 bridgehead atoms. The second-order valence-corrected chi connectivity index (χ2v) is 5.66. The zero-order valence-electron chi connectivity index (χ0n) is 12.0. The maximum absolute atomic E-state index is 11.5. The van der Waals surface area contributed by atoms with Gasteiger partial charge in [0.05, 0.1) is 5.92 Å². The number of para-hydroxylation sites is 1. The molecule has 112 valence electrons. The highest BCUT2D eigenvalue weighted by molar-refractivity contribution is 6.05. The molecule has 22 heavy (non-hydrogen) atoms. The molecule has 1 aromatic carbocycles. The van der Waals surface area contributed by atoms with Gasteiger partial charge in [0, 0.05) is 18.5 Å². The van der Waals surface area contributed by atoms with Crippen molar-refractivity contribution in [1.82, 2.24) is 9.97 Å². The standard InChI is InChI=1S/C16H16N4O2/c17-15(21)10-4-3-7-20(8-10)16-14-13(18-9-19-16)11-5-1-2-6-12(11)22-14/h1-2,5-6,9-10H,3-4,7-8H2,(H2,17,21)/t10-/m0/s1. The summed E-state index contributed by atoms with van der Waals surface area (Å²) < 4.78 is 5.95. The zero-order chi connectivity index (χ0) is 15.1. The molecule has 0 unspecified atom stereocenters. The van der Waals surface area contributed by atoms with E-state index < -0.39 is 0 Å². The fourth-order valence-corrected chi connectivity index (χ4v) is 3.14. The number of primary amides is 1. The number of hydrogen-bond acceptors (Lipinski definition) is 5. The topological polar surface area (TPSA) is 85.3 Å². The lowest BCUT2D eigenvalue weighted by Gasteiger charge is -2.31. The Kier molecular flexibility index (Phi) is 2.96. The minimum atomic E-state index is -0.250. The lowest BCUT2D eigenvalue weighted by molar-refractivity contribution is -0.122. The normalized spacial score (nSPS) is 18.9. The average molecular weight is 296 g/mol. The minimum Gasteiger partial charge on any atom is -0.450 e. The van der Waals surface area contributed by atoms with Gasteiger partial charge in [-0.3, -0.25) is 4.79 Å². The third-order valence-corrected chi connectivity index (χ3v) is 4.26. The molecule has 2 N–H and O–H groups in total. The van der Waals surface area contributed by atoms with Gasteiger partial charge in [-0.1, -0.05) is 12.1 Å². The Morgan fingerprint density at radius 2 is 2.18 bits per heavy atom. The first kappa shape index (κ1) is 13.1. The molecule has 1 atom stereocenters. The van der Waals surface area contributed by atoms with Crippen LogP contribution in [0.5, 0.6) is 0 Å². The van der Waals surface area contributed by atoms with Crippen LogP contribution in [0.2, 0.25) is 0 Å². The molecule has 0 spiro atoms. The molecule has 4 rings (SSSR count). The van der Waals surface area contributed by atoms with Crippen LogP contribution in [0.15, 0.2) is 35.0 Å². The first-order chi connectivity index (χ1) is 10.7. The summed E-state index contributed by atoms with van der Waals surface area (Å²) >= 11 is 0. The predicted molar refractivity (Wildman–Crippen MR) is 83.4 cm³/mol. The van der Waals surface area contributed by atoms with Gasteiger partial charge >= 0.3 is 0 Å². The minimum absolute atomic E-state index is 0.136. The summed E-state index contributed by atoms with van der Waals surface area (Å²) in [5.74, 6) is 0.356. The second kappa shape index (κ2) is 4.98. The number of anilines is 1. The van der Waals surface area contributed by atoms with Gasteiger partial charge < -0.3 is 15.1 Å². The highest BCUT2D eigenvalue weighted by atomic mass is 16.3. The second-order valence-electron chi connectivity index (χ2n) is 5.66. The SMILES string of the molecule is NC(=O)[C@H]1CCCN(c2ncnc3c2oc2ccccc23)C1. The monoisotopic (exact) mass is 296 g/mol. The van der Waals surface area contributed by atoms with E-state index in [0.29, 0.717) is 12.1 Å². The van der Waals surface area contributed by atoms with Crippen molar-refractivity contribution in [2.45, 2.75) is 12.8 Å². The highest BCUT2D eigenvalue weighted by Crippen LogP contribution is 2.33. The van der Waals surface area contributed by atoms with Crippen LogP contribution in [0.1, 0.15) is 12.8 Å². The van der Waals surface area contributed by atoms with Crippen LogP contribution < -0.4 is 10.6 Å². The molecular weight excluding hydrogens is 280 g/mol. The number of rotatable bonds is 2. The molecule has 1 saturated heterocycles. The van der Waals surface area contributed by atoms with Gasteiger partial charge in [0.25, 0.3) is 0 Å². The third-order valence-electron chi connectivity index (χ3n) is 4.26. The lowest BCUT2D eigenvalue weighted by Crippen LogP contribution is -2.41. The number of carbonyl (C=O) groups excluding carboxylic acids is 1. The maximum atomic E-state index is 11.5. The van der Waals surface area contributed by atoms with E-state index in [4.69, 9.17) is 10.2 Å². The lowest BCUT2D eigenvalue weighted by atomic mass is 9.97. The number of nitrogens with two attached hydrogens (primary N) is 1. The first-order valence-corrected chi connectivity index (χ1v) is 7.40. The summed E-state index contributed by atoms with van der Waals surface area (Å²) in [5, 5.41) is 0.976. The van der Waals surface area contributed by atoms with Crippen molar-refractivity contribution in [3.8, 4) is 0 Å². The molecule has 1 aliphatic rings. The van der Waals surface area contributed by atoms with E-state index in [1.54, 1.807) is 6.33 Å². The maximum Gasteiger partial charge on any atom is 0.222 e. The van der Waals surface area contributed by atoms with Crippen LogP contribution in [0.3, 0.4) is 0 Å². The van der Waals surface area contributed by atoms with Crippen molar-refractivity contribution in [1.29, 1.82) is 0 Å². The molecule has 6 nitrogen and oxygen atoms in total. The Balaban J connectivity index is 1.83. The van der Waals surface area contributed by atoms with Crippen LogP contribution in [0.25, 0.3) is 22.1 Å². The Labute approximate surface area is 126 Å². The summed E-state index contributed by atoms with van der Waals surface area (Å²) in [5.41, 5.74) is 7.74. The van der Waals surface area contributed by atoms with Gasteiger partial charge in [0.15, 0.2) is 11.4 Å². The van der Waals surface area contributed by atoms with Gasteiger partial charge in [0.2, 0.25) is 5.91 Å². The first-order valence-electron chi connectivity index (χ1n) is 7.40. The van der Waals surface area contributed by atoms with Crippen molar-refractivity contribution in [3.05, 3.63) is 30.6 Å². The fourth-order valence-electron chi connectivity index (χ4n) is 3.14. The summed E-state index contributed by atoms with van der Waals surface area (Å²) in [4.78, 5) is 22.3. The summed E-state index contributed by atoms with van der Waals surface area (Å²) in [6.07, 6.45) is 3.30. The van der Waals surface area contributed by atoms with E-state index >= 15 is 0 Å². The molecule has 6 heteroatoms. The Bertz CT molecular complexity index is 858. The van der Waals surface area contributed by atoms with E-state index in [1.165, 1.54) is 0 Å². The number of piperidine rings is 1. The third kappa shape index (κ3) is 1.99. The number of carbonyl (C=O) groups is 1. The van der Waals surface area contributed by atoms with Crippen molar-refractivity contribution in [2.75, 3.05) is 18.0 Å². The molecule has 0 radical (unpaired) electrons. The summed E-state index contributed by atoms with van der Waals surface area (Å²) in [6, 6.07) is 7.80. The van der Waals surface area contributed by atoms with Gasteiger partial charge in [-0.05, 0) is 25.0 Å². The number of fused-ring (bicyclic) bond motifs is 3. The van der Waals surface area contributed by atoms with Crippen LogP contribution in [-0.2, 0) is 4.79 Å². The van der Waals surface area contributed by atoms with E-state index in [1.807, 2.05) is 24.3 Å². The molecule has 3 aromatic rings. The fraction of sp³-hybridized carbons (Fsp3) is 0.312. The molecule has 0 aliphatic carbocycles. The van der Waals surface area contributed by atoms with E-state index in [2.05, 4.69) is 14.9 Å². The van der Waals surface area contributed by atoms with Gasteiger partial charge in [-0.2, -0.15) is 0 Å². The van der Waals surface area contributed by atoms with Gasteiger partial charge in [0.1, 0.15) is 17.4 Å². The Morgan fingerprint density at radius 1 is 1.32 bits per heavy atom. The van der Waals surface area contributed by atoms with Crippen LogP contribution in [-0.4, -0.2) is 29.0 Å². The van der Waals surface area contributed by atoms with Crippen LogP contribution in [0, 0.1) is 5.92 Å². The molecule has 1 fully saturated rings. The van der Waals surface area contributed by atoms with Crippen LogP contribution in [0.4, 0.5) is 5.82 Å². The quantitative estimate of drug-likeness (QED) is 0.782.